The molecule has 1 saturated carbocycles. The fourth-order valence-electron chi connectivity index (χ4n) is 4.71. The number of nitrogens with two attached hydrogens (primary N) is 2. The van der Waals surface area contributed by atoms with Crippen LogP contribution in [0.25, 0.3) is 0 Å². The van der Waals surface area contributed by atoms with Crippen LogP contribution in [0, 0.1) is 17.7 Å². The summed E-state index contributed by atoms with van der Waals surface area (Å²) >= 11 is 6.19. The SMILES string of the molecule is Cc1c(Cl)cccc1C(=N)c1ncc(N2CCC3(CCC[C@H]3N)CC2)nc1N. The highest BCUT2D eigenvalue weighted by molar-refractivity contribution is 6.32. The van der Waals surface area contributed by atoms with Crippen LogP contribution in [0.5, 0.6) is 0 Å². The van der Waals surface area contributed by atoms with Gasteiger partial charge < -0.3 is 16.4 Å². The molecule has 0 unspecified atom stereocenters. The molecule has 4 rings (SSSR count). The van der Waals surface area contributed by atoms with Crippen molar-refractivity contribution in [3.8, 4) is 0 Å². The van der Waals surface area contributed by atoms with Gasteiger partial charge in [0.1, 0.15) is 11.5 Å². The van der Waals surface area contributed by atoms with Gasteiger partial charge in [-0.05, 0) is 49.7 Å². The van der Waals surface area contributed by atoms with E-state index in [1.54, 1.807) is 6.20 Å². The minimum Gasteiger partial charge on any atom is -0.382 e. The fourth-order valence-corrected chi connectivity index (χ4v) is 4.89. The molecule has 7 heteroatoms. The Labute approximate surface area is 170 Å². The number of nitrogens with zero attached hydrogens (tertiary/aromatic N) is 3. The first kappa shape index (κ1) is 19.2. The summed E-state index contributed by atoms with van der Waals surface area (Å²) in [5.41, 5.74) is 15.1. The summed E-state index contributed by atoms with van der Waals surface area (Å²) in [5.74, 6) is 1.05. The maximum Gasteiger partial charge on any atom is 0.154 e. The van der Waals surface area contributed by atoms with Crippen molar-refractivity contribution < 1.29 is 0 Å². The van der Waals surface area contributed by atoms with Crippen molar-refractivity contribution in [2.75, 3.05) is 23.7 Å². The van der Waals surface area contributed by atoms with Crippen molar-refractivity contribution in [3.05, 3.63) is 46.2 Å². The molecule has 0 amide bonds. The number of hydrogen-bond donors (Lipinski definition) is 3. The monoisotopic (exact) mass is 398 g/mol. The van der Waals surface area contributed by atoms with Crippen LogP contribution in [0.4, 0.5) is 11.6 Å². The van der Waals surface area contributed by atoms with Gasteiger partial charge in [0.05, 0.1) is 11.9 Å². The molecule has 2 heterocycles. The van der Waals surface area contributed by atoms with E-state index in [9.17, 15) is 0 Å². The van der Waals surface area contributed by atoms with Gasteiger partial charge in [-0.25, -0.2) is 9.97 Å². The smallest absolute Gasteiger partial charge is 0.154 e. The Morgan fingerprint density at radius 2 is 2.04 bits per heavy atom. The van der Waals surface area contributed by atoms with E-state index in [4.69, 9.17) is 28.5 Å². The Bertz CT molecular complexity index is 904. The normalized spacial score (nSPS) is 21.2. The van der Waals surface area contributed by atoms with Crippen LogP contribution >= 0.6 is 11.6 Å². The number of nitrogens with one attached hydrogen (secondary N) is 1. The molecule has 0 bridgehead atoms. The molecule has 2 aromatic rings. The van der Waals surface area contributed by atoms with Crippen molar-refractivity contribution in [3.63, 3.8) is 0 Å². The lowest BCUT2D eigenvalue weighted by molar-refractivity contribution is 0.197. The van der Waals surface area contributed by atoms with Crippen molar-refractivity contribution in [1.82, 2.24) is 9.97 Å². The molecule has 5 N–H and O–H groups in total. The van der Waals surface area contributed by atoms with E-state index in [2.05, 4.69) is 14.9 Å². The molecular weight excluding hydrogens is 372 g/mol. The standard InChI is InChI=1S/C21H27ClN6/c1-13-14(4-2-5-15(13)22)18(24)19-20(25)27-17(12-26-19)28-10-8-21(9-11-28)7-3-6-16(21)23/h2,4-5,12,16,24H,3,6-11,23H2,1H3,(H2,25,27)/t16-/m1/s1. The van der Waals surface area contributed by atoms with Crippen molar-refractivity contribution >= 4 is 28.9 Å². The second-order valence-electron chi connectivity index (χ2n) is 8.10. The van der Waals surface area contributed by atoms with Crippen LogP contribution < -0.4 is 16.4 Å². The zero-order valence-corrected chi connectivity index (χ0v) is 17.0. The van der Waals surface area contributed by atoms with Gasteiger partial charge in [-0.1, -0.05) is 30.2 Å². The number of aromatic nitrogens is 2. The lowest BCUT2D eigenvalue weighted by atomic mass is 9.74. The largest absolute Gasteiger partial charge is 0.382 e. The van der Waals surface area contributed by atoms with Gasteiger partial charge in [0, 0.05) is 29.7 Å². The van der Waals surface area contributed by atoms with Crippen LogP contribution in [-0.2, 0) is 0 Å². The number of halogens is 1. The first-order chi connectivity index (χ1) is 13.4. The summed E-state index contributed by atoms with van der Waals surface area (Å²) in [6, 6.07) is 5.82. The van der Waals surface area contributed by atoms with Crippen LogP contribution in [0.3, 0.4) is 0 Å². The van der Waals surface area contributed by atoms with Gasteiger partial charge in [0.25, 0.3) is 0 Å². The number of anilines is 2. The average molecular weight is 399 g/mol. The molecule has 2 fully saturated rings. The molecular formula is C21H27ClN6. The zero-order valence-electron chi connectivity index (χ0n) is 16.2. The van der Waals surface area contributed by atoms with E-state index in [0.29, 0.717) is 22.2 Å². The summed E-state index contributed by atoms with van der Waals surface area (Å²) < 4.78 is 0. The fraction of sp³-hybridized carbons (Fsp3) is 0.476. The third-order valence-electron chi connectivity index (χ3n) is 6.62. The van der Waals surface area contributed by atoms with E-state index < -0.39 is 0 Å². The number of benzene rings is 1. The molecule has 2 aliphatic rings. The Morgan fingerprint density at radius 3 is 2.68 bits per heavy atom. The molecule has 148 valence electrons. The summed E-state index contributed by atoms with van der Waals surface area (Å²) in [6.07, 6.45) is 7.54. The molecule has 6 nitrogen and oxygen atoms in total. The lowest BCUT2D eigenvalue weighted by Crippen LogP contribution is -2.47. The molecule has 1 atom stereocenters. The Hall–Kier alpha value is -2.18. The van der Waals surface area contributed by atoms with Gasteiger partial charge in [-0.3, -0.25) is 5.41 Å². The van der Waals surface area contributed by atoms with Gasteiger partial charge in [-0.2, -0.15) is 0 Å². The predicted octanol–water partition coefficient (Wildman–Crippen LogP) is 3.53. The molecule has 1 aromatic heterocycles. The number of rotatable bonds is 3. The average Bonchev–Trinajstić information content (AvgIpc) is 3.04. The summed E-state index contributed by atoms with van der Waals surface area (Å²) in [7, 11) is 0. The first-order valence-corrected chi connectivity index (χ1v) is 10.3. The number of nitrogen functional groups attached to an aromatic ring is 1. The Kier molecular flexibility index (Phi) is 5.02. The van der Waals surface area contributed by atoms with Crippen molar-refractivity contribution in [2.24, 2.45) is 11.1 Å². The first-order valence-electron chi connectivity index (χ1n) is 9.89. The number of hydrogen-bond acceptors (Lipinski definition) is 6. The summed E-state index contributed by atoms with van der Waals surface area (Å²) in [5, 5.41) is 9.15. The molecule has 1 aromatic carbocycles. The zero-order chi connectivity index (χ0) is 19.9. The van der Waals surface area contributed by atoms with E-state index in [1.165, 1.54) is 12.8 Å². The molecule has 1 aliphatic heterocycles. The van der Waals surface area contributed by atoms with E-state index in [-0.39, 0.29) is 11.5 Å². The highest BCUT2D eigenvalue weighted by Gasteiger charge is 2.43. The minimum atomic E-state index is 0.242. The number of piperidine rings is 1. The lowest BCUT2D eigenvalue weighted by Gasteiger charge is -2.42. The third kappa shape index (κ3) is 3.25. The highest BCUT2D eigenvalue weighted by atomic mass is 35.5. The predicted molar refractivity (Wildman–Crippen MR) is 114 cm³/mol. The molecule has 1 saturated heterocycles. The Balaban J connectivity index is 1.52. The minimum absolute atomic E-state index is 0.242. The van der Waals surface area contributed by atoms with Crippen LogP contribution in [0.1, 0.15) is 48.9 Å². The molecule has 1 aliphatic carbocycles. The quantitative estimate of drug-likeness (QED) is 0.686. The summed E-state index contributed by atoms with van der Waals surface area (Å²) in [4.78, 5) is 11.3. The van der Waals surface area contributed by atoms with Gasteiger partial charge in [0.15, 0.2) is 5.82 Å². The van der Waals surface area contributed by atoms with Gasteiger partial charge in [-0.15, -0.1) is 0 Å². The van der Waals surface area contributed by atoms with E-state index >= 15 is 0 Å². The second-order valence-corrected chi connectivity index (χ2v) is 8.50. The van der Waals surface area contributed by atoms with E-state index in [1.807, 2.05) is 25.1 Å². The Morgan fingerprint density at radius 1 is 1.29 bits per heavy atom. The molecule has 1 spiro atoms. The van der Waals surface area contributed by atoms with E-state index in [0.717, 1.165) is 49.3 Å². The van der Waals surface area contributed by atoms with Crippen LogP contribution in [0.2, 0.25) is 5.02 Å². The van der Waals surface area contributed by atoms with Crippen LogP contribution in [0.15, 0.2) is 24.4 Å². The van der Waals surface area contributed by atoms with Gasteiger partial charge in [0.2, 0.25) is 0 Å². The topological polar surface area (TPSA) is 105 Å². The highest BCUT2D eigenvalue weighted by Crippen LogP contribution is 2.45. The second kappa shape index (κ2) is 7.33. The van der Waals surface area contributed by atoms with Crippen molar-refractivity contribution in [1.29, 1.82) is 5.41 Å². The third-order valence-corrected chi connectivity index (χ3v) is 7.03. The van der Waals surface area contributed by atoms with Crippen LogP contribution in [-0.4, -0.2) is 34.8 Å². The van der Waals surface area contributed by atoms with Crippen molar-refractivity contribution in [2.45, 2.75) is 45.1 Å². The maximum absolute atomic E-state index is 8.53. The van der Waals surface area contributed by atoms with Gasteiger partial charge >= 0.3 is 0 Å². The molecule has 28 heavy (non-hydrogen) atoms. The molecule has 0 radical (unpaired) electrons. The summed E-state index contributed by atoms with van der Waals surface area (Å²) in [6.45, 7) is 3.74. The maximum atomic E-state index is 8.53.